The van der Waals surface area contributed by atoms with E-state index in [4.69, 9.17) is 0 Å². The van der Waals surface area contributed by atoms with Crippen molar-refractivity contribution in [1.82, 2.24) is 9.13 Å². The summed E-state index contributed by atoms with van der Waals surface area (Å²) in [4.78, 5) is 51.1. The molecule has 0 unspecified atom stereocenters. The standard InChI is InChI=1S/C23H22N2O4/c1-6-7-14-11(2)8-12(3)19(13(14)4)25-22(28)17-9-15-16(10-18(17)23(25)29)21(27)24(5)20(15)26/h8-10H,6-7H2,1-5H3. The van der Waals surface area contributed by atoms with Gasteiger partial charge in [0.1, 0.15) is 0 Å². The van der Waals surface area contributed by atoms with Gasteiger partial charge in [-0.2, -0.15) is 0 Å². The first-order valence-electron chi connectivity index (χ1n) is 9.67. The van der Waals surface area contributed by atoms with Crippen LogP contribution in [0.4, 0.5) is 0 Å². The SMILES string of the molecule is CCCc1c(C)cc(C)c(-n2c(=O)c3cc4c(=O)n(C)c(=O)c4cc3c2=O)c1C. The van der Waals surface area contributed by atoms with Gasteiger partial charge in [0, 0.05) is 7.05 Å². The van der Waals surface area contributed by atoms with Crippen LogP contribution in [0, 0.1) is 20.8 Å². The Morgan fingerprint density at radius 1 is 0.724 bits per heavy atom. The van der Waals surface area contributed by atoms with E-state index < -0.39 is 22.2 Å². The molecule has 0 radical (unpaired) electrons. The lowest BCUT2D eigenvalue weighted by Gasteiger charge is -2.17. The summed E-state index contributed by atoms with van der Waals surface area (Å²) in [6, 6.07) is 4.78. The Kier molecular flexibility index (Phi) is 4.19. The van der Waals surface area contributed by atoms with Crippen molar-refractivity contribution in [2.75, 3.05) is 0 Å². The molecule has 0 aliphatic carbocycles. The van der Waals surface area contributed by atoms with Gasteiger partial charge in [0.15, 0.2) is 0 Å². The van der Waals surface area contributed by atoms with Crippen molar-refractivity contribution in [2.45, 2.75) is 40.5 Å². The summed E-state index contributed by atoms with van der Waals surface area (Å²) in [6.45, 7) is 7.95. The van der Waals surface area contributed by atoms with Crippen molar-refractivity contribution >= 4 is 21.5 Å². The van der Waals surface area contributed by atoms with Crippen molar-refractivity contribution in [2.24, 2.45) is 7.05 Å². The number of rotatable bonds is 3. The van der Waals surface area contributed by atoms with Crippen LogP contribution in [0.5, 0.6) is 0 Å². The average Bonchev–Trinajstić information content (AvgIpc) is 3.04. The van der Waals surface area contributed by atoms with Crippen molar-refractivity contribution in [3.8, 4) is 5.69 Å². The number of aryl methyl sites for hydroxylation is 2. The van der Waals surface area contributed by atoms with Crippen LogP contribution in [-0.4, -0.2) is 9.13 Å². The molecule has 0 amide bonds. The number of hydrogen-bond donors (Lipinski definition) is 0. The zero-order valence-electron chi connectivity index (χ0n) is 17.2. The highest BCUT2D eigenvalue weighted by Gasteiger charge is 2.22. The van der Waals surface area contributed by atoms with Gasteiger partial charge in [-0.05, 0) is 61.6 Å². The van der Waals surface area contributed by atoms with Crippen molar-refractivity contribution < 1.29 is 0 Å². The predicted octanol–water partition coefficient (Wildman–Crippen LogP) is 2.32. The first-order chi connectivity index (χ1) is 13.7. The Morgan fingerprint density at radius 3 is 1.69 bits per heavy atom. The molecule has 2 aromatic heterocycles. The Bertz CT molecular complexity index is 1450. The number of fused-ring (bicyclic) bond motifs is 2. The fourth-order valence-corrected chi connectivity index (χ4v) is 4.49. The Hall–Kier alpha value is -3.28. The second kappa shape index (κ2) is 6.37. The van der Waals surface area contributed by atoms with E-state index in [1.54, 1.807) is 0 Å². The molecule has 4 aromatic rings. The van der Waals surface area contributed by atoms with E-state index >= 15 is 0 Å². The van der Waals surface area contributed by atoms with Crippen LogP contribution >= 0.6 is 0 Å². The zero-order valence-corrected chi connectivity index (χ0v) is 17.2. The summed E-state index contributed by atoms with van der Waals surface area (Å²) in [7, 11) is 1.39. The molecule has 0 fully saturated rings. The van der Waals surface area contributed by atoms with E-state index in [1.165, 1.54) is 23.7 Å². The van der Waals surface area contributed by atoms with Crippen molar-refractivity contribution in [1.29, 1.82) is 0 Å². The molecule has 0 aliphatic rings. The molecule has 0 N–H and O–H groups in total. The molecule has 0 bridgehead atoms. The Labute approximate surface area is 166 Å². The van der Waals surface area contributed by atoms with Crippen LogP contribution in [0.2, 0.25) is 0 Å². The highest BCUT2D eigenvalue weighted by Crippen LogP contribution is 2.26. The molecule has 6 heteroatoms. The summed E-state index contributed by atoms with van der Waals surface area (Å²) >= 11 is 0. The second-order valence-corrected chi connectivity index (χ2v) is 7.77. The molecular formula is C23H22N2O4. The monoisotopic (exact) mass is 390 g/mol. The van der Waals surface area contributed by atoms with Gasteiger partial charge >= 0.3 is 0 Å². The Morgan fingerprint density at radius 2 is 1.21 bits per heavy atom. The van der Waals surface area contributed by atoms with Gasteiger partial charge in [-0.25, -0.2) is 4.57 Å². The molecule has 0 aliphatic heterocycles. The first-order valence-corrected chi connectivity index (χ1v) is 9.67. The molecule has 0 saturated carbocycles. The van der Waals surface area contributed by atoms with Gasteiger partial charge in [0.2, 0.25) is 0 Å². The van der Waals surface area contributed by atoms with E-state index in [-0.39, 0.29) is 21.5 Å². The van der Waals surface area contributed by atoms with Crippen molar-refractivity contribution in [3.63, 3.8) is 0 Å². The summed E-state index contributed by atoms with van der Waals surface area (Å²) in [5.74, 6) is 0. The van der Waals surface area contributed by atoms with E-state index in [0.717, 1.165) is 39.7 Å². The summed E-state index contributed by atoms with van der Waals surface area (Å²) in [5, 5.41) is 0.676. The van der Waals surface area contributed by atoms with Crippen LogP contribution in [0.25, 0.3) is 27.2 Å². The average molecular weight is 390 g/mol. The quantitative estimate of drug-likeness (QED) is 0.538. The van der Waals surface area contributed by atoms with Crippen molar-refractivity contribution in [3.05, 3.63) is 81.9 Å². The van der Waals surface area contributed by atoms with Crippen LogP contribution in [0.1, 0.15) is 35.6 Å². The number of benzene rings is 2. The van der Waals surface area contributed by atoms with E-state index in [0.29, 0.717) is 5.69 Å². The Balaban J connectivity index is 2.16. The first kappa shape index (κ1) is 19.1. The van der Waals surface area contributed by atoms with Gasteiger partial charge in [-0.3, -0.25) is 23.7 Å². The largest absolute Gasteiger partial charge is 0.277 e. The minimum atomic E-state index is -0.459. The van der Waals surface area contributed by atoms with Crippen LogP contribution in [0.15, 0.2) is 37.4 Å². The minimum absolute atomic E-state index is 0.168. The van der Waals surface area contributed by atoms with Gasteiger partial charge in [-0.15, -0.1) is 0 Å². The second-order valence-electron chi connectivity index (χ2n) is 7.77. The van der Waals surface area contributed by atoms with Crippen LogP contribution in [0.3, 0.4) is 0 Å². The lowest BCUT2D eigenvalue weighted by Crippen LogP contribution is -2.26. The van der Waals surface area contributed by atoms with Gasteiger partial charge in [0.25, 0.3) is 22.2 Å². The van der Waals surface area contributed by atoms with Gasteiger partial charge in [0.05, 0.1) is 27.2 Å². The predicted molar refractivity (Wildman–Crippen MR) is 115 cm³/mol. The maximum absolute atomic E-state index is 13.2. The fraction of sp³-hybridized carbons (Fsp3) is 0.304. The van der Waals surface area contributed by atoms with Crippen LogP contribution in [-0.2, 0) is 13.5 Å². The molecule has 4 rings (SSSR count). The van der Waals surface area contributed by atoms with Crippen LogP contribution < -0.4 is 22.2 Å². The number of aromatic nitrogens is 2. The number of hydrogen-bond acceptors (Lipinski definition) is 4. The highest BCUT2D eigenvalue weighted by atomic mass is 16.2. The topological polar surface area (TPSA) is 78.1 Å². The fourth-order valence-electron chi connectivity index (χ4n) is 4.49. The molecule has 29 heavy (non-hydrogen) atoms. The zero-order chi connectivity index (χ0) is 21.2. The number of nitrogens with zero attached hydrogens (tertiary/aromatic N) is 2. The maximum atomic E-state index is 13.2. The van der Waals surface area contributed by atoms with Gasteiger partial charge in [-0.1, -0.05) is 19.4 Å². The third-order valence-electron chi connectivity index (χ3n) is 5.91. The molecule has 148 valence electrons. The summed E-state index contributed by atoms with van der Waals surface area (Å²) in [5.41, 5.74) is 2.80. The third kappa shape index (κ3) is 2.48. The molecule has 0 atom stereocenters. The molecular weight excluding hydrogens is 368 g/mol. The molecule has 6 nitrogen and oxygen atoms in total. The maximum Gasteiger partial charge on any atom is 0.266 e. The smallest absolute Gasteiger partial charge is 0.266 e. The molecule has 2 heterocycles. The van der Waals surface area contributed by atoms with E-state index in [1.807, 2.05) is 26.8 Å². The molecule has 0 spiro atoms. The third-order valence-corrected chi connectivity index (χ3v) is 5.91. The lowest BCUT2D eigenvalue weighted by molar-refractivity contribution is 0.856. The normalized spacial score (nSPS) is 11.8. The molecule has 0 saturated heterocycles. The summed E-state index contributed by atoms with van der Waals surface area (Å²) in [6.07, 6.45) is 1.81. The minimum Gasteiger partial charge on any atom is -0.277 e. The lowest BCUT2D eigenvalue weighted by atomic mass is 9.94. The van der Waals surface area contributed by atoms with E-state index in [2.05, 4.69) is 6.92 Å². The van der Waals surface area contributed by atoms with Gasteiger partial charge < -0.3 is 0 Å². The van der Waals surface area contributed by atoms with E-state index in [9.17, 15) is 19.2 Å². The highest BCUT2D eigenvalue weighted by molar-refractivity contribution is 5.98. The molecule has 2 aromatic carbocycles. The summed E-state index contributed by atoms with van der Waals surface area (Å²) < 4.78 is 2.19.